The summed E-state index contributed by atoms with van der Waals surface area (Å²) in [6, 6.07) is 8.49. The first-order valence-corrected chi connectivity index (χ1v) is 6.80. The molecule has 17 heavy (non-hydrogen) atoms. The molecule has 2 rings (SSSR count). The van der Waals surface area contributed by atoms with Crippen LogP contribution < -0.4 is 10.1 Å². The summed E-state index contributed by atoms with van der Waals surface area (Å²) < 4.78 is 5.89. The van der Waals surface area contributed by atoms with Crippen molar-refractivity contribution in [3.63, 3.8) is 0 Å². The molecule has 2 nitrogen and oxygen atoms in total. The molecule has 1 unspecified atom stereocenters. The fraction of sp³-hybridized carbons (Fsp3) is 0.600. The van der Waals surface area contributed by atoms with E-state index >= 15 is 0 Å². The third-order valence-corrected chi connectivity index (χ3v) is 3.71. The summed E-state index contributed by atoms with van der Waals surface area (Å²) in [4.78, 5) is 0. The van der Waals surface area contributed by atoms with E-state index in [1.807, 2.05) is 0 Å². The molecule has 1 aliphatic rings. The molecule has 0 amide bonds. The van der Waals surface area contributed by atoms with E-state index in [0.29, 0.717) is 0 Å². The first kappa shape index (κ1) is 12.4. The first-order chi connectivity index (χ1) is 8.32. The molecule has 0 aromatic heterocycles. The highest BCUT2D eigenvalue weighted by atomic mass is 16.5. The van der Waals surface area contributed by atoms with Crippen LogP contribution in [0.3, 0.4) is 0 Å². The minimum atomic E-state index is 0.143. The van der Waals surface area contributed by atoms with Crippen molar-refractivity contribution in [1.82, 2.24) is 5.32 Å². The molecule has 0 radical (unpaired) electrons. The van der Waals surface area contributed by atoms with Gasteiger partial charge >= 0.3 is 0 Å². The summed E-state index contributed by atoms with van der Waals surface area (Å²) in [6.07, 6.45) is 4.66. The molecular formula is C15H23NO. The van der Waals surface area contributed by atoms with Crippen LogP contribution in [0.25, 0.3) is 0 Å². The largest absolute Gasteiger partial charge is 0.493 e. The molecule has 0 aliphatic carbocycles. The Labute approximate surface area is 104 Å². The summed E-state index contributed by atoms with van der Waals surface area (Å²) >= 11 is 0. The van der Waals surface area contributed by atoms with Crippen molar-refractivity contribution >= 4 is 0 Å². The fourth-order valence-corrected chi connectivity index (χ4v) is 2.73. The normalized spacial score (nSPS) is 23.9. The lowest BCUT2D eigenvalue weighted by Crippen LogP contribution is -2.36. The zero-order chi connectivity index (χ0) is 12.1. The molecule has 1 aliphatic heterocycles. The molecule has 1 aromatic rings. The third kappa shape index (κ3) is 2.47. The van der Waals surface area contributed by atoms with Gasteiger partial charge in [0.2, 0.25) is 0 Å². The Morgan fingerprint density at radius 1 is 1.29 bits per heavy atom. The van der Waals surface area contributed by atoms with Gasteiger partial charge in [-0.15, -0.1) is 0 Å². The lowest BCUT2D eigenvalue weighted by atomic mass is 9.85. The quantitative estimate of drug-likeness (QED) is 0.841. The van der Waals surface area contributed by atoms with Gasteiger partial charge in [0.1, 0.15) is 5.75 Å². The molecule has 0 spiro atoms. The van der Waals surface area contributed by atoms with Crippen molar-refractivity contribution in [2.75, 3.05) is 13.2 Å². The van der Waals surface area contributed by atoms with E-state index in [-0.39, 0.29) is 5.54 Å². The summed E-state index contributed by atoms with van der Waals surface area (Å²) in [5.41, 5.74) is 1.48. The molecule has 1 saturated heterocycles. The molecule has 1 N–H and O–H groups in total. The van der Waals surface area contributed by atoms with E-state index < -0.39 is 0 Å². The molecule has 1 aromatic carbocycles. The Hall–Kier alpha value is -1.02. The van der Waals surface area contributed by atoms with Gasteiger partial charge in [0, 0.05) is 11.1 Å². The van der Waals surface area contributed by atoms with Crippen LogP contribution in [0.2, 0.25) is 0 Å². The highest BCUT2D eigenvalue weighted by molar-refractivity contribution is 5.39. The van der Waals surface area contributed by atoms with E-state index in [9.17, 15) is 0 Å². The predicted octanol–water partition coefficient (Wildman–Crippen LogP) is 3.46. The summed E-state index contributed by atoms with van der Waals surface area (Å²) in [6.45, 7) is 6.33. The average molecular weight is 233 g/mol. The summed E-state index contributed by atoms with van der Waals surface area (Å²) in [5.74, 6) is 1.06. The van der Waals surface area contributed by atoms with E-state index in [2.05, 4.69) is 43.4 Å². The number of ether oxygens (including phenoxy) is 1. The molecule has 1 heterocycles. The van der Waals surface area contributed by atoms with Crippen LogP contribution >= 0.6 is 0 Å². The van der Waals surface area contributed by atoms with E-state index in [0.717, 1.165) is 31.7 Å². The molecule has 1 fully saturated rings. The van der Waals surface area contributed by atoms with Crippen molar-refractivity contribution < 1.29 is 4.74 Å². The van der Waals surface area contributed by atoms with Gasteiger partial charge in [-0.05, 0) is 38.3 Å². The van der Waals surface area contributed by atoms with Gasteiger partial charge in [-0.25, -0.2) is 0 Å². The van der Waals surface area contributed by atoms with Crippen molar-refractivity contribution in [1.29, 1.82) is 0 Å². The Morgan fingerprint density at radius 2 is 2.12 bits per heavy atom. The number of hydrogen-bond acceptors (Lipinski definition) is 2. The van der Waals surface area contributed by atoms with Crippen LogP contribution in [-0.2, 0) is 5.54 Å². The number of nitrogens with one attached hydrogen (secondary N) is 1. The van der Waals surface area contributed by atoms with Gasteiger partial charge in [-0.1, -0.05) is 32.0 Å². The Kier molecular flexibility index (Phi) is 4.06. The van der Waals surface area contributed by atoms with Crippen LogP contribution in [-0.4, -0.2) is 13.2 Å². The Bertz CT molecular complexity index is 356. The van der Waals surface area contributed by atoms with Crippen LogP contribution in [0.4, 0.5) is 0 Å². The molecule has 1 atom stereocenters. The maximum atomic E-state index is 5.89. The number of hydrogen-bond donors (Lipinski definition) is 1. The topological polar surface area (TPSA) is 21.3 Å². The first-order valence-electron chi connectivity index (χ1n) is 6.80. The van der Waals surface area contributed by atoms with Gasteiger partial charge in [0.15, 0.2) is 0 Å². The predicted molar refractivity (Wildman–Crippen MR) is 71.4 cm³/mol. The number of para-hydroxylation sites is 1. The highest BCUT2D eigenvalue weighted by Crippen LogP contribution is 2.38. The third-order valence-electron chi connectivity index (χ3n) is 3.71. The standard InChI is InChI=1S/C15H23NO/c1-3-12-17-14-9-6-5-8-13(14)15(4-2)10-7-11-16-15/h5-6,8-9,16H,3-4,7,10-12H2,1-2H3. The van der Waals surface area contributed by atoms with E-state index in [1.54, 1.807) is 0 Å². The minimum absolute atomic E-state index is 0.143. The summed E-state index contributed by atoms with van der Waals surface area (Å²) in [5, 5.41) is 3.67. The van der Waals surface area contributed by atoms with Gasteiger partial charge in [0.05, 0.1) is 6.61 Å². The van der Waals surface area contributed by atoms with Crippen molar-refractivity contribution in [3.05, 3.63) is 29.8 Å². The van der Waals surface area contributed by atoms with E-state index in [4.69, 9.17) is 4.74 Å². The zero-order valence-corrected chi connectivity index (χ0v) is 11.0. The molecule has 0 saturated carbocycles. The SMILES string of the molecule is CCCOc1ccccc1C1(CC)CCCN1. The second-order valence-corrected chi connectivity index (χ2v) is 4.81. The van der Waals surface area contributed by atoms with Crippen LogP contribution in [0.5, 0.6) is 5.75 Å². The molecule has 2 heteroatoms. The summed E-state index contributed by atoms with van der Waals surface area (Å²) in [7, 11) is 0. The van der Waals surface area contributed by atoms with Crippen LogP contribution in [0.1, 0.15) is 45.1 Å². The van der Waals surface area contributed by atoms with Gasteiger partial charge in [-0.3, -0.25) is 0 Å². The van der Waals surface area contributed by atoms with Crippen LogP contribution in [0, 0.1) is 0 Å². The molecule has 94 valence electrons. The maximum Gasteiger partial charge on any atom is 0.124 e. The maximum absolute atomic E-state index is 5.89. The molecule has 0 bridgehead atoms. The zero-order valence-electron chi connectivity index (χ0n) is 11.0. The second-order valence-electron chi connectivity index (χ2n) is 4.81. The van der Waals surface area contributed by atoms with Crippen LogP contribution in [0.15, 0.2) is 24.3 Å². The Balaban J connectivity index is 2.29. The van der Waals surface area contributed by atoms with Crippen molar-refractivity contribution in [2.24, 2.45) is 0 Å². The van der Waals surface area contributed by atoms with Gasteiger partial charge in [0.25, 0.3) is 0 Å². The monoisotopic (exact) mass is 233 g/mol. The smallest absolute Gasteiger partial charge is 0.124 e. The Morgan fingerprint density at radius 3 is 2.76 bits per heavy atom. The fourth-order valence-electron chi connectivity index (χ4n) is 2.73. The second kappa shape index (κ2) is 5.54. The van der Waals surface area contributed by atoms with Gasteiger partial charge in [-0.2, -0.15) is 0 Å². The lowest BCUT2D eigenvalue weighted by molar-refractivity contribution is 0.293. The number of rotatable bonds is 5. The van der Waals surface area contributed by atoms with Crippen molar-refractivity contribution in [3.8, 4) is 5.75 Å². The number of benzene rings is 1. The minimum Gasteiger partial charge on any atom is -0.493 e. The average Bonchev–Trinajstić information content (AvgIpc) is 2.86. The molecular weight excluding hydrogens is 210 g/mol. The van der Waals surface area contributed by atoms with Crippen molar-refractivity contribution in [2.45, 2.75) is 45.1 Å². The van der Waals surface area contributed by atoms with Gasteiger partial charge < -0.3 is 10.1 Å². The van der Waals surface area contributed by atoms with E-state index in [1.165, 1.54) is 18.4 Å². The highest BCUT2D eigenvalue weighted by Gasteiger charge is 2.35. The lowest BCUT2D eigenvalue weighted by Gasteiger charge is -2.30.